The number of rotatable bonds is 2. The van der Waals surface area contributed by atoms with Crippen LogP contribution < -0.4 is 5.73 Å². The molecule has 0 amide bonds. The van der Waals surface area contributed by atoms with Crippen molar-refractivity contribution in [3.8, 4) is 0 Å². The smallest absolute Gasteiger partial charge is 0.113 e. The fourth-order valence-corrected chi connectivity index (χ4v) is 3.51. The normalized spacial score (nSPS) is 27.3. The molecule has 0 aliphatic heterocycles. The van der Waals surface area contributed by atoms with Crippen LogP contribution in [0.2, 0.25) is 5.02 Å². The summed E-state index contributed by atoms with van der Waals surface area (Å²) in [5, 5.41) is 0.766. The molecular weight excluding hydrogens is 258 g/mol. The van der Waals surface area contributed by atoms with Crippen molar-refractivity contribution < 1.29 is 0 Å². The molecule has 2 fully saturated rings. The van der Waals surface area contributed by atoms with Crippen molar-refractivity contribution in [1.82, 2.24) is 9.55 Å². The first-order chi connectivity index (χ1) is 9.22. The van der Waals surface area contributed by atoms with Gasteiger partial charge in [-0.05, 0) is 50.3 Å². The maximum atomic E-state index is 6.09. The Hall–Kier alpha value is -1.06. The zero-order valence-corrected chi connectivity index (χ0v) is 11.6. The summed E-state index contributed by atoms with van der Waals surface area (Å²) in [4.78, 5) is 4.87. The Balaban J connectivity index is 1.86. The molecule has 2 aromatic rings. The lowest BCUT2D eigenvalue weighted by Gasteiger charge is -2.13. The molecule has 3 nitrogen and oxygen atoms in total. The second-order valence-corrected chi connectivity index (χ2v) is 6.41. The van der Waals surface area contributed by atoms with Crippen molar-refractivity contribution >= 4 is 22.6 Å². The van der Waals surface area contributed by atoms with E-state index in [1.165, 1.54) is 30.6 Å². The van der Waals surface area contributed by atoms with Gasteiger partial charge in [0.1, 0.15) is 5.82 Å². The third-order valence-electron chi connectivity index (χ3n) is 4.43. The lowest BCUT2D eigenvalue weighted by Crippen LogP contribution is -2.15. The van der Waals surface area contributed by atoms with Gasteiger partial charge in [0, 0.05) is 23.0 Å². The van der Waals surface area contributed by atoms with E-state index in [0.717, 1.165) is 23.4 Å². The molecule has 1 heterocycles. The van der Waals surface area contributed by atoms with Crippen LogP contribution >= 0.6 is 11.6 Å². The molecule has 100 valence electrons. The summed E-state index contributed by atoms with van der Waals surface area (Å²) in [5.74, 6) is 1.77. The number of benzene rings is 1. The van der Waals surface area contributed by atoms with E-state index in [9.17, 15) is 0 Å². The maximum absolute atomic E-state index is 6.09. The summed E-state index contributed by atoms with van der Waals surface area (Å²) >= 11 is 6.09. The summed E-state index contributed by atoms with van der Waals surface area (Å²) < 4.78 is 2.45. The Labute approximate surface area is 117 Å². The van der Waals surface area contributed by atoms with Gasteiger partial charge in [-0.3, -0.25) is 0 Å². The van der Waals surface area contributed by atoms with E-state index in [4.69, 9.17) is 22.3 Å². The summed E-state index contributed by atoms with van der Waals surface area (Å²) in [5.41, 5.74) is 8.34. The monoisotopic (exact) mass is 275 g/mol. The van der Waals surface area contributed by atoms with Crippen LogP contribution in [0.3, 0.4) is 0 Å². The minimum atomic E-state index is 0.348. The van der Waals surface area contributed by atoms with Crippen molar-refractivity contribution in [3.63, 3.8) is 0 Å². The van der Waals surface area contributed by atoms with E-state index in [1.807, 2.05) is 12.1 Å². The Morgan fingerprint density at radius 1 is 1.21 bits per heavy atom. The van der Waals surface area contributed by atoms with Gasteiger partial charge in [0.15, 0.2) is 0 Å². The van der Waals surface area contributed by atoms with E-state index in [0.29, 0.717) is 18.0 Å². The lowest BCUT2D eigenvalue weighted by molar-refractivity contribution is 0.591. The predicted octanol–water partition coefficient (Wildman–Crippen LogP) is 3.62. The van der Waals surface area contributed by atoms with Crippen molar-refractivity contribution in [3.05, 3.63) is 29.0 Å². The Morgan fingerprint density at radius 3 is 2.74 bits per heavy atom. The van der Waals surface area contributed by atoms with Crippen molar-refractivity contribution in [1.29, 1.82) is 0 Å². The molecule has 19 heavy (non-hydrogen) atoms. The maximum Gasteiger partial charge on any atom is 0.113 e. The van der Waals surface area contributed by atoms with E-state index in [2.05, 4.69) is 10.6 Å². The number of aromatic nitrogens is 2. The minimum absolute atomic E-state index is 0.348. The molecule has 2 aliphatic carbocycles. The molecule has 1 aromatic carbocycles. The summed E-state index contributed by atoms with van der Waals surface area (Å²) in [7, 11) is 0. The van der Waals surface area contributed by atoms with Gasteiger partial charge in [-0.1, -0.05) is 11.6 Å². The molecule has 0 radical (unpaired) electrons. The van der Waals surface area contributed by atoms with Gasteiger partial charge >= 0.3 is 0 Å². The average molecular weight is 276 g/mol. The molecule has 4 rings (SSSR count). The average Bonchev–Trinajstić information content (AvgIpc) is 3.02. The van der Waals surface area contributed by atoms with Crippen LogP contribution in [0, 0.1) is 0 Å². The third kappa shape index (κ3) is 1.96. The van der Waals surface area contributed by atoms with Gasteiger partial charge in [0.25, 0.3) is 0 Å². The van der Waals surface area contributed by atoms with Gasteiger partial charge < -0.3 is 10.3 Å². The second kappa shape index (κ2) is 4.22. The van der Waals surface area contributed by atoms with Gasteiger partial charge in [-0.25, -0.2) is 4.98 Å². The fourth-order valence-electron chi connectivity index (χ4n) is 3.35. The van der Waals surface area contributed by atoms with E-state index >= 15 is 0 Å². The molecule has 4 heteroatoms. The summed E-state index contributed by atoms with van der Waals surface area (Å²) in [6, 6.07) is 7.06. The van der Waals surface area contributed by atoms with Crippen LogP contribution in [0.1, 0.15) is 49.9 Å². The molecule has 2 atom stereocenters. The van der Waals surface area contributed by atoms with Crippen molar-refractivity contribution in [2.45, 2.75) is 50.1 Å². The molecule has 2 N–H and O–H groups in total. The highest BCUT2D eigenvalue weighted by Gasteiger charge is 2.33. The first-order valence-electron chi connectivity index (χ1n) is 7.15. The first-order valence-corrected chi connectivity index (χ1v) is 7.53. The summed E-state index contributed by atoms with van der Waals surface area (Å²) in [6.07, 6.45) is 5.92. The minimum Gasteiger partial charge on any atom is -0.328 e. The third-order valence-corrected chi connectivity index (χ3v) is 4.66. The van der Waals surface area contributed by atoms with Crippen molar-refractivity contribution in [2.75, 3.05) is 0 Å². The van der Waals surface area contributed by atoms with Crippen LogP contribution in [0.4, 0.5) is 0 Å². The van der Waals surface area contributed by atoms with Crippen LogP contribution in [0.15, 0.2) is 18.2 Å². The Bertz CT molecular complexity index is 630. The standard InChI is InChI=1S/C15H18ClN3/c16-10-2-6-14-13(8-10)18-15(19(14)12-4-5-12)9-1-3-11(17)7-9/h2,6,8-9,11-12H,1,3-5,7,17H2. The van der Waals surface area contributed by atoms with Crippen LogP contribution in [-0.4, -0.2) is 15.6 Å². The lowest BCUT2D eigenvalue weighted by atomic mass is 10.1. The Morgan fingerprint density at radius 2 is 2.05 bits per heavy atom. The zero-order valence-electron chi connectivity index (χ0n) is 10.8. The molecular formula is C15H18ClN3. The molecule has 0 spiro atoms. The fraction of sp³-hybridized carbons (Fsp3) is 0.533. The predicted molar refractivity (Wildman–Crippen MR) is 77.6 cm³/mol. The van der Waals surface area contributed by atoms with E-state index in [-0.39, 0.29) is 0 Å². The number of hydrogen-bond donors (Lipinski definition) is 1. The largest absolute Gasteiger partial charge is 0.328 e. The highest BCUT2D eigenvalue weighted by Crippen LogP contribution is 2.43. The van der Waals surface area contributed by atoms with E-state index in [1.54, 1.807) is 0 Å². The first kappa shape index (κ1) is 11.7. The molecule has 0 saturated heterocycles. The number of hydrogen-bond acceptors (Lipinski definition) is 2. The number of imidazole rings is 1. The number of nitrogens with two attached hydrogens (primary N) is 1. The highest BCUT2D eigenvalue weighted by molar-refractivity contribution is 6.31. The zero-order chi connectivity index (χ0) is 13.0. The van der Waals surface area contributed by atoms with Crippen LogP contribution in [-0.2, 0) is 0 Å². The van der Waals surface area contributed by atoms with Crippen molar-refractivity contribution in [2.24, 2.45) is 5.73 Å². The Kier molecular flexibility index (Phi) is 2.61. The second-order valence-electron chi connectivity index (χ2n) is 5.97. The summed E-state index contributed by atoms with van der Waals surface area (Å²) in [6.45, 7) is 0. The quantitative estimate of drug-likeness (QED) is 0.910. The number of halogens is 1. The number of nitrogens with zero attached hydrogens (tertiary/aromatic N) is 2. The molecule has 0 bridgehead atoms. The van der Waals surface area contributed by atoms with Gasteiger partial charge in [0.05, 0.1) is 11.0 Å². The van der Waals surface area contributed by atoms with Crippen LogP contribution in [0.25, 0.3) is 11.0 Å². The van der Waals surface area contributed by atoms with Gasteiger partial charge in [0.2, 0.25) is 0 Å². The molecule has 2 saturated carbocycles. The number of fused-ring (bicyclic) bond motifs is 1. The molecule has 2 unspecified atom stereocenters. The molecule has 2 aliphatic rings. The molecule has 1 aromatic heterocycles. The van der Waals surface area contributed by atoms with Crippen LogP contribution in [0.5, 0.6) is 0 Å². The van der Waals surface area contributed by atoms with Gasteiger partial charge in [-0.15, -0.1) is 0 Å². The topological polar surface area (TPSA) is 43.8 Å². The van der Waals surface area contributed by atoms with Gasteiger partial charge in [-0.2, -0.15) is 0 Å². The SMILES string of the molecule is NC1CCC(c2nc3cc(Cl)ccc3n2C2CC2)C1. The van der Waals surface area contributed by atoms with E-state index < -0.39 is 0 Å². The highest BCUT2D eigenvalue weighted by atomic mass is 35.5.